The Hall–Kier alpha value is -3.07. The highest BCUT2D eigenvalue weighted by Gasteiger charge is 2.30. The molecule has 0 aliphatic carbocycles. The summed E-state index contributed by atoms with van der Waals surface area (Å²) in [5.41, 5.74) is 0. The molecule has 0 aromatic heterocycles. The molecule has 0 aromatic carbocycles. The highest BCUT2D eigenvalue weighted by atomic mass is 31.2. The van der Waals surface area contributed by atoms with Gasteiger partial charge in [-0.3, -0.25) is 18.6 Å². The monoisotopic (exact) mass is 1120 g/mol. The molecular formula is C69H124N2O7P+. The molecule has 0 heterocycles. The van der Waals surface area contributed by atoms with Crippen LogP contribution in [-0.2, 0) is 27.9 Å². The van der Waals surface area contributed by atoms with Crippen LogP contribution in [-0.4, -0.2) is 74.3 Å². The maximum absolute atomic E-state index is 13.5. The second kappa shape index (κ2) is 58.1. The van der Waals surface area contributed by atoms with Crippen molar-refractivity contribution < 1.29 is 37.3 Å². The summed E-state index contributed by atoms with van der Waals surface area (Å²) in [7, 11) is 1.44. The summed E-state index contributed by atoms with van der Waals surface area (Å²) in [6.45, 7) is 6.85. The lowest BCUT2D eigenvalue weighted by atomic mass is 10.0. The molecule has 1 amide bonds. The third-order valence-electron chi connectivity index (χ3n) is 14.0. The van der Waals surface area contributed by atoms with Crippen LogP contribution < -0.4 is 5.32 Å². The third kappa shape index (κ3) is 59.4. The Kier molecular flexibility index (Phi) is 55.9. The molecule has 0 rings (SSSR count). The topological polar surface area (TPSA) is 111 Å². The van der Waals surface area contributed by atoms with E-state index < -0.39 is 20.0 Å². The number of phosphoric ester groups is 1. The van der Waals surface area contributed by atoms with E-state index in [1.807, 2.05) is 39.4 Å². The number of unbranched alkanes of at least 4 members (excludes halogenated alkanes) is 28. The number of carbonyl (C=O) groups excluding carboxylic acids is 2. The zero-order valence-corrected chi connectivity index (χ0v) is 53.0. The second-order valence-corrected chi connectivity index (χ2v) is 24.4. The average Bonchev–Trinajstić information content (AvgIpc) is 3.41. The second-order valence-electron chi connectivity index (χ2n) is 22.9. The number of quaternary nitrogens is 1. The molecule has 0 aliphatic heterocycles. The van der Waals surface area contributed by atoms with Crippen LogP contribution in [0.1, 0.15) is 278 Å². The summed E-state index contributed by atoms with van der Waals surface area (Å²) in [6, 6.07) is -0.894. The maximum atomic E-state index is 13.5. The normalized spacial score (nSPS) is 14.3. The van der Waals surface area contributed by atoms with Gasteiger partial charge in [0.15, 0.2) is 0 Å². The molecule has 0 radical (unpaired) electrons. The minimum absolute atomic E-state index is 0.0230. The molecule has 10 heteroatoms. The molecule has 0 fully saturated rings. The largest absolute Gasteiger partial charge is 0.472 e. The van der Waals surface area contributed by atoms with Crippen LogP contribution in [0.15, 0.2) is 97.2 Å². The van der Waals surface area contributed by atoms with Crippen LogP contribution in [0.2, 0.25) is 0 Å². The summed E-state index contributed by atoms with van der Waals surface area (Å²) in [4.78, 5) is 37.7. The van der Waals surface area contributed by atoms with Gasteiger partial charge in [-0.1, -0.05) is 266 Å². The first-order valence-corrected chi connectivity index (χ1v) is 34.1. The molecule has 9 nitrogen and oxygen atoms in total. The number of ether oxygens (including phenoxy) is 1. The molecular weight excluding hydrogens is 1000 g/mol. The van der Waals surface area contributed by atoms with E-state index in [1.165, 1.54) is 161 Å². The number of esters is 1. The zero-order chi connectivity index (χ0) is 57.9. The minimum Gasteiger partial charge on any atom is -0.456 e. The van der Waals surface area contributed by atoms with E-state index in [9.17, 15) is 19.0 Å². The van der Waals surface area contributed by atoms with E-state index in [0.717, 1.165) is 77.0 Å². The SMILES string of the molecule is CC/C=C\C/C=C\C/C=C\C/C=C\C/C=C\C/C=C\CCC(=O)NC(COP(=O)(O)OCC[N+](C)(C)C)C(/C=C/CCCCCCCCCCCCC)OC(=O)CCCCCCCCCCCCC/C=C/CCCCCCCC. The van der Waals surface area contributed by atoms with E-state index in [0.29, 0.717) is 17.4 Å². The molecule has 0 bridgehead atoms. The Morgan fingerprint density at radius 3 is 1.24 bits per heavy atom. The van der Waals surface area contributed by atoms with Crippen LogP contribution in [0.3, 0.4) is 0 Å². The molecule has 79 heavy (non-hydrogen) atoms. The number of likely N-dealkylation sites (N-methyl/N-ethyl adjacent to an activating group) is 1. The van der Waals surface area contributed by atoms with Crippen molar-refractivity contribution in [2.75, 3.05) is 40.9 Å². The number of hydrogen-bond acceptors (Lipinski definition) is 6. The summed E-state index contributed by atoms with van der Waals surface area (Å²) in [6.07, 6.45) is 78.6. The van der Waals surface area contributed by atoms with E-state index in [-0.39, 0.29) is 37.9 Å². The van der Waals surface area contributed by atoms with Crippen LogP contribution in [0.5, 0.6) is 0 Å². The Balaban J connectivity index is 5.33. The average molecular weight is 1120 g/mol. The number of carbonyl (C=O) groups is 2. The number of nitrogens with one attached hydrogen (secondary N) is 1. The fourth-order valence-electron chi connectivity index (χ4n) is 9.02. The van der Waals surface area contributed by atoms with Crippen molar-refractivity contribution in [3.05, 3.63) is 97.2 Å². The Bertz CT molecular complexity index is 1670. The predicted octanol–water partition coefficient (Wildman–Crippen LogP) is 20.3. The summed E-state index contributed by atoms with van der Waals surface area (Å²) in [5, 5.41) is 3.01. The molecule has 0 saturated carbocycles. The highest BCUT2D eigenvalue weighted by Crippen LogP contribution is 2.43. The molecule has 3 atom stereocenters. The van der Waals surface area contributed by atoms with E-state index in [2.05, 4.69) is 105 Å². The minimum atomic E-state index is -4.48. The molecule has 0 aromatic rings. The van der Waals surface area contributed by atoms with Crippen LogP contribution in [0, 0.1) is 0 Å². The molecule has 456 valence electrons. The Morgan fingerprint density at radius 1 is 0.456 bits per heavy atom. The van der Waals surface area contributed by atoms with E-state index in [4.69, 9.17) is 13.8 Å². The van der Waals surface area contributed by atoms with Crippen molar-refractivity contribution in [3.63, 3.8) is 0 Å². The van der Waals surface area contributed by atoms with Gasteiger partial charge in [0, 0.05) is 12.8 Å². The van der Waals surface area contributed by atoms with Crippen molar-refractivity contribution in [1.29, 1.82) is 0 Å². The first kappa shape index (κ1) is 75.9. The first-order valence-electron chi connectivity index (χ1n) is 32.6. The Labute approximate surface area is 488 Å². The van der Waals surface area contributed by atoms with Crippen molar-refractivity contribution >= 4 is 19.7 Å². The lowest BCUT2D eigenvalue weighted by Gasteiger charge is -2.27. The molecule has 0 aliphatic rings. The van der Waals surface area contributed by atoms with E-state index in [1.54, 1.807) is 0 Å². The standard InChI is InChI=1S/C69H123N2O7P/c1-7-10-13-16-19-22-25-28-30-32-34-35-37-39-41-44-47-50-53-56-59-62-69(73)78-67(60-57-54-51-48-45-42-27-24-21-18-15-12-9-3)66(65-77-79(74,75)76-64-63-71(4,5)6)70-68(72)61-58-55-52-49-46-43-40-38-36-33-31-29-26-23-20-17-14-11-8-2/h11,14,20,23,28-31,36,38,43,46,52,55,57,60,66-67H,7-10,12-13,15-19,21-22,24-27,32-35,37,39-42,44-45,47-51,53-54,56,58-59,61-65H2,1-6H3,(H-,70,72,74,75)/p+1/b14-11-,23-20-,30-28+,31-29-,38-36-,46-43-,55-52-,60-57+. The predicted molar refractivity (Wildman–Crippen MR) is 341 cm³/mol. The van der Waals surface area contributed by atoms with Crippen LogP contribution in [0.25, 0.3) is 0 Å². The lowest BCUT2D eigenvalue weighted by Crippen LogP contribution is -2.47. The van der Waals surface area contributed by atoms with Crippen LogP contribution in [0.4, 0.5) is 0 Å². The van der Waals surface area contributed by atoms with Gasteiger partial charge in [0.25, 0.3) is 0 Å². The smallest absolute Gasteiger partial charge is 0.456 e. The quantitative estimate of drug-likeness (QED) is 0.0205. The summed E-state index contributed by atoms with van der Waals surface area (Å²) in [5.74, 6) is -0.602. The Morgan fingerprint density at radius 2 is 0.823 bits per heavy atom. The van der Waals surface area contributed by atoms with Gasteiger partial charge in [-0.05, 0) is 96.0 Å². The highest BCUT2D eigenvalue weighted by molar-refractivity contribution is 7.47. The van der Waals surface area contributed by atoms with Crippen molar-refractivity contribution in [1.82, 2.24) is 5.32 Å². The van der Waals surface area contributed by atoms with Crippen molar-refractivity contribution in [2.45, 2.75) is 290 Å². The lowest BCUT2D eigenvalue weighted by molar-refractivity contribution is -0.870. The summed E-state index contributed by atoms with van der Waals surface area (Å²) < 4.78 is 30.7. The van der Waals surface area contributed by atoms with Gasteiger partial charge in [-0.2, -0.15) is 0 Å². The maximum Gasteiger partial charge on any atom is 0.472 e. The third-order valence-corrected chi connectivity index (χ3v) is 15.0. The number of phosphoric acid groups is 1. The number of amides is 1. The van der Waals surface area contributed by atoms with Gasteiger partial charge in [0.05, 0.1) is 33.8 Å². The zero-order valence-electron chi connectivity index (χ0n) is 52.1. The van der Waals surface area contributed by atoms with Crippen LogP contribution >= 0.6 is 7.82 Å². The van der Waals surface area contributed by atoms with Crippen molar-refractivity contribution in [2.24, 2.45) is 0 Å². The molecule has 2 N–H and O–H groups in total. The van der Waals surface area contributed by atoms with Gasteiger partial charge in [-0.25, -0.2) is 4.57 Å². The molecule has 0 spiro atoms. The fourth-order valence-corrected chi connectivity index (χ4v) is 9.75. The van der Waals surface area contributed by atoms with Gasteiger partial charge in [-0.15, -0.1) is 0 Å². The molecule has 3 unspecified atom stereocenters. The fraction of sp³-hybridized carbons (Fsp3) is 0.739. The van der Waals surface area contributed by atoms with E-state index >= 15 is 0 Å². The van der Waals surface area contributed by atoms with Gasteiger partial charge in [0.1, 0.15) is 19.3 Å². The molecule has 0 saturated heterocycles. The first-order chi connectivity index (χ1) is 38.4. The van der Waals surface area contributed by atoms with Crippen molar-refractivity contribution in [3.8, 4) is 0 Å². The summed E-state index contributed by atoms with van der Waals surface area (Å²) >= 11 is 0. The van der Waals surface area contributed by atoms with Gasteiger partial charge in [0.2, 0.25) is 5.91 Å². The van der Waals surface area contributed by atoms with Gasteiger partial charge >= 0.3 is 13.8 Å². The van der Waals surface area contributed by atoms with Gasteiger partial charge < -0.3 is 19.4 Å². The number of rotatable bonds is 58. The number of hydrogen-bond donors (Lipinski definition) is 2. The number of nitrogens with zero attached hydrogens (tertiary/aromatic N) is 1. The number of allylic oxidation sites excluding steroid dienone is 15.